The van der Waals surface area contributed by atoms with Gasteiger partial charge in [-0.15, -0.1) is 11.3 Å². The molecule has 1 saturated heterocycles. The second kappa shape index (κ2) is 6.28. The fourth-order valence-corrected chi connectivity index (χ4v) is 4.87. The van der Waals surface area contributed by atoms with Gasteiger partial charge in [-0.1, -0.05) is 32.6 Å². The lowest BCUT2D eigenvalue weighted by atomic mass is 9.81. The van der Waals surface area contributed by atoms with Gasteiger partial charge in [0.2, 0.25) is 5.91 Å². The normalized spacial score (nSPS) is 24.4. The highest BCUT2D eigenvalue weighted by Crippen LogP contribution is 2.41. The maximum absolute atomic E-state index is 13.1. The molecule has 1 saturated carbocycles. The van der Waals surface area contributed by atoms with E-state index in [4.69, 9.17) is 0 Å². The Morgan fingerprint density at radius 3 is 2.64 bits per heavy atom. The van der Waals surface area contributed by atoms with Gasteiger partial charge in [-0.25, -0.2) is 4.98 Å². The van der Waals surface area contributed by atoms with E-state index in [1.807, 2.05) is 6.92 Å². The van der Waals surface area contributed by atoms with E-state index in [0.717, 1.165) is 55.8 Å². The maximum Gasteiger partial charge on any atom is 0.244 e. The van der Waals surface area contributed by atoms with Crippen LogP contribution in [0.25, 0.3) is 0 Å². The molecule has 1 aromatic heterocycles. The Morgan fingerprint density at radius 1 is 1.32 bits per heavy atom. The van der Waals surface area contributed by atoms with Gasteiger partial charge in [0.25, 0.3) is 0 Å². The van der Waals surface area contributed by atoms with Gasteiger partial charge in [0.15, 0.2) is 0 Å². The number of hydrogen-bond donors (Lipinski definition) is 1. The molecule has 3 rings (SSSR count). The van der Waals surface area contributed by atoms with Crippen molar-refractivity contribution in [2.24, 2.45) is 0 Å². The molecule has 2 aliphatic rings. The van der Waals surface area contributed by atoms with Crippen LogP contribution in [-0.2, 0) is 4.79 Å². The smallest absolute Gasteiger partial charge is 0.244 e. The molecule has 0 bridgehead atoms. The Balaban J connectivity index is 1.92. The molecule has 1 aromatic rings. The molecule has 4 nitrogen and oxygen atoms in total. The summed E-state index contributed by atoms with van der Waals surface area (Å²) in [6, 6.07) is 0. The predicted molar refractivity (Wildman–Crippen MR) is 89.9 cm³/mol. The van der Waals surface area contributed by atoms with Crippen molar-refractivity contribution in [3.63, 3.8) is 0 Å². The highest BCUT2D eigenvalue weighted by atomic mass is 32.1. The van der Waals surface area contributed by atoms with Crippen molar-refractivity contribution < 1.29 is 4.79 Å². The van der Waals surface area contributed by atoms with Crippen molar-refractivity contribution in [1.29, 1.82) is 0 Å². The third kappa shape index (κ3) is 2.69. The number of aromatic nitrogens is 1. The van der Waals surface area contributed by atoms with E-state index in [2.05, 4.69) is 29.0 Å². The monoisotopic (exact) mass is 321 g/mol. The first-order valence-corrected chi connectivity index (χ1v) is 9.42. The molecule has 1 aliphatic carbocycles. The van der Waals surface area contributed by atoms with Gasteiger partial charge >= 0.3 is 0 Å². The second-order valence-corrected chi connectivity index (χ2v) is 7.96. The van der Waals surface area contributed by atoms with Gasteiger partial charge in [0.05, 0.1) is 21.1 Å². The number of carbonyl (C=O) groups excluding carboxylic acids is 1. The topological polar surface area (TPSA) is 45.2 Å². The number of carbonyl (C=O) groups is 1. The Labute approximate surface area is 137 Å². The zero-order valence-electron chi connectivity index (χ0n) is 13.9. The molecule has 0 aromatic carbocycles. The van der Waals surface area contributed by atoms with Crippen molar-refractivity contribution in [3.05, 3.63) is 15.6 Å². The molecule has 2 heterocycles. The standard InChI is InChI=1S/C17H27N3OS/c1-4-5-11-20-15(14-12(2)18-13(3)22-14)19-17(16(20)21)9-7-6-8-10-17/h15,19H,4-11H2,1-3H3. The maximum atomic E-state index is 13.1. The lowest BCUT2D eigenvalue weighted by molar-refractivity contribution is -0.134. The average molecular weight is 321 g/mol. The Hall–Kier alpha value is -0.940. The average Bonchev–Trinajstić information content (AvgIpc) is 2.97. The number of nitrogens with one attached hydrogen (secondary N) is 1. The first kappa shape index (κ1) is 15.9. The number of rotatable bonds is 4. The van der Waals surface area contributed by atoms with Crippen molar-refractivity contribution in [2.45, 2.75) is 77.4 Å². The van der Waals surface area contributed by atoms with Crippen LogP contribution in [0.3, 0.4) is 0 Å². The van der Waals surface area contributed by atoms with Gasteiger partial charge in [-0.3, -0.25) is 10.1 Å². The summed E-state index contributed by atoms with van der Waals surface area (Å²) in [5.41, 5.74) is 0.767. The minimum absolute atomic E-state index is 0.0309. The molecular formula is C17H27N3OS. The summed E-state index contributed by atoms with van der Waals surface area (Å²) in [6.07, 6.45) is 7.77. The van der Waals surface area contributed by atoms with E-state index in [9.17, 15) is 4.79 Å². The Kier molecular flexibility index (Phi) is 4.55. The van der Waals surface area contributed by atoms with Gasteiger partial charge in [0, 0.05) is 6.54 Å². The fraction of sp³-hybridized carbons (Fsp3) is 0.765. The quantitative estimate of drug-likeness (QED) is 0.920. The first-order valence-electron chi connectivity index (χ1n) is 8.60. The van der Waals surface area contributed by atoms with E-state index in [0.29, 0.717) is 5.91 Å². The number of amides is 1. The lowest BCUT2D eigenvalue weighted by Crippen LogP contribution is -2.48. The van der Waals surface area contributed by atoms with Crippen LogP contribution in [0.1, 0.15) is 73.6 Å². The van der Waals surface area contributed by atoms with Crippen LogP contribution in [0.2, 0.25) is 0 Å². The number of thiazole rings is 1. The van der Waals surface area contributed by atoms with Crippen molar-refractivity contribution in [3.8, 4) is 0 Å². The molecule has 22 heavy (non-hydrogen) atoms. The predicted octanol–water partition coefficient (Wildman–Crippen LogP) is 3.69. The molecule has 1 atom stereocenters. The third-order valence-corrected chi connectivity index (χ3v) is 6.17. The molecule has 1 spiro atoms. The van der Waals surface area contributed by atoms with Crippen LogP contribution in [0.15, 0.2) is 0 Å². The SMILES string of the molecule is CCCCN1C(=O)C2(CCCCC2)NC1c1sc(C)nc1C. The Bertz CT molecular complexity index is 548. The summed E-state index contributed by atoms with van der Waals surface area (Å²) >= 11 is 1.73. The van der Waals surface area contributed by atoms with Crippen LogP contribution in [0.4, 0.5) is 0 Å². The summed E-state index contributed by atoms with van der Waals surface area (Å²) in [5, 5.41) is 4.82. The number of nitrogens with zero attached hydrogens (tertiary/aromatic N) is 2. The van der Waals surface area contributed by atoms with E-state index >= 15 is 0 Å². The van der Waals surface area contributed by atoms with Crippen molar-refractivity contribution in [2.75, 3.05) is 6.54 Å². The van der Waals surface area contributed by atoms with E-state index in [-0.39, 0.29) is 11.7 Å². The number of unbranched alkanes of at least 4 members (excludes halogenated alkanes) is 1. The van der Waals surface area contributed by atoms with Crippen LogP contribution in [0.5, 0.6) is 0 Å². The van der Waals surface area contributed by atoms with Crippen LogP contribution < -0.4 is 5.32 Å². The van der Waals surface area contributed by atoms with Crippen molar-refractivity contribution >= 4 is 17.2 Å². The van der Waals surface area contributed by atoms with E-state index < -0.39 is 0 Å². The summed E-state index contributed by atoms with van der Waals surface area (Å²) in [7, 11) is 0. The second-order valence-electron chi connectivity index (χ2n) is 6.72. The summed E-state index contributed by atoms with van der Waals surface area (Å²) in [6.45, 7) is 7.14. The van der Waals surface area contributed by atoms with E-state index in [1.54, 1.807) is 11.3 Å². The molecule has 1 aliphatic heterocycles. The molecule has 0 radical (unpaired) electrons. The van der Waals surface area contributed by atoms with Crippen molar-refractivity contribution in [1.82, 2.24) is 15.2 Å². The summed E-state index contributed by atoms with van der Waals surface area (Å²) < 4.78 is 0. The molecule has 1 unspecified atom stereocenters. The number of aryl methyl sites for hydroxylation is 2. The van der Waals surface area contributed by atoms with Crippen LogP contribution in [-0.4, -0.2) is 27.9 Å². The van der Waals surface area contributed by atoms with Gasteiger partial charge in [-0.2, -0.15) is 0 Å². The molecule has 5 heteroatoms. The summed E-state index contributed by atoms with van der Waals surface area (Å²) in [5.74, 6) is 0.330. The van der Waals surface area contributed by atoms with Crippen LogP contribution in [0, 0.1) is 13.8 Å². The zero-order chi connectivity index (χ0) is 15.7. The highest BCUT2D eigenvalue weighted by molar-refractivity contribution is 7.11. The first-order chi connectivity index (χ1) is 10.6. The molecular weight excluding hydrogens is 294 g/mol. The highest BCUT2D eigenvalue weighted by Gasteiger charge is 2.52. The minimum Gasteiger partial charge on any atom is -0.320 e. The third-order valence-electron chi connectivity index (χ3n) is 5.04. The zero-order valence-corrected chi connectivity index (χ0v) is 14.8. The molecule has 2 fully saturated rings. The van der Waals surface area contributed by atoms with E-state index in [1.165, 1.54) is 11.3 Å². The van der Waals surface area contributed by atoms with Gasteiger partial charge < -0.3 is 4.90 Å². The lowest BCUT2D eigenvalue weighted by Gasteiger charge is -2.31. The largest absolute Gasteiger partial charge is 0.320 e. The fourth-order valence-electron chi connectivity index (χ4n) is 3.87. The summed E-state index contributed by atoms with van der Waals surface area (Å²) in [4.78, 5) is 21.0. The van der Waals surface area contributed by atoms with Gasteiger partial charge in [-0.05, 0) is 33.1 Å². The van der Waals surface area contributed by atoms with Gasteiger partial charge in [0.1, 0.15) is 6.17 Å². The molecule has 1 N–H and O–H groups in total. The Morgan fingerprint density at radius 2 is 2.05 bits per heavy atom. The molecule has 1 amide bonds. The minimum atomic E-state index is -0.305. The number of hydrogen-bond acceptors (Lipinski definition) is 4. The van der Waals surface area contributed by atoms with Crippen LogP contribution >= 0.6 is 11.3 Å². The molecule has 122 valence electrons.